The van der Waals surface area contributed by atoms with Crippen LogP contribution in [0.2, 0.25) is 5.02 Å². The van der Waals surface area contributed by atoms with Gasteiger partial charge in [0.05, 0.1) is 34.2 Å². The second-order valence-corrected chi connectivity index (χ2v) is 5.37. The third-order valence-corrected chi connectivity index (χ3v) is 3.97. The first-order valence-corrected chi connectivity index (χ1v) is 7.07. The van der Waals surface area contributed by atoms with Gasteiger partial charge in [-0.1, -0.05) is 24.6 Å². The lowest BCUT2D eigenvalue weighted by atomic mass is 10.1. The number of carbonyl (C=O) groups excluding carboxylic acids is 2. The van der Waals surface area contributed by atoms with Crippen molar-refractivity contribution in [2.24, 2.45) is 7.05 Å². The highest BCUT2D eigenvalue weighted by Crippen LogP contribution is 2.34. The summed E-state index contributed by atoms with van der Waals surface area (Å²) in [4.78, 5) is 25.7. The van der Waals surface area contributed by atoms with Crippen LogP contribution in [0.4, 0.5) is 5.69 Å². The molecular weight excluding hydrogens is 290 g/mol. The van der Waals surface area contributed by atoms with E-state index in [0.717, 1.165) is 17.8 Å². The van der Waals surface area contributed by atoms with Crippen LogP contribution in [0.5, 0.6) is 0 Å². The van der Waals surface area contributed by atoms with E-state index in [2.05, 4.69) is 5.10 Å². The number of fused-ring (bicyclic) bond motifs is 1. The number of benzene rings is 1. The van der Waals surface area contributed by atoms with Gasteiger partial charge in [0.15, 0.2) is 0 Å². The number of aryl methyl sites for hydroxylation is 2. The van der Waals surface area contributed by atoms with Crippen LogP contribution in [0.1, 0.15) is 28.7 Å². The molecule has 0 aliphatic carbocycles. The van der Waals surface area contributed by atoms with Gasteiger partial charge in [-0.3, -0.25) is 19.2 Å². The number of hydrogen-bond acceptors (Lipinski definition) is 3. The van der Waals surface area contributed by atoms with Crippen LogP contribution in [-0.2, 0) is 24.8 Å². The Kier molecular flexibility index (Phi) is 3.29. The fourth-order valence-corrected chi connectivity index (χ4v) is 2.77. The van der Waals surface area contributed by atoms with E-state index in [0.29, 0.717) is 22.8 Å². The van der Waals surface area contributed by atoms with E-state index in [1.165, 1.54) is 4.90 Å². The summed E-state index contributed by atoms with van der Waals surface area (Å²) in [5.41, 5.74) is 2.69. The molecule has 1 amide bonds. The molecule has 5 nitrogen and oxygen atoms in total. The van der Waals surface area contributed by atoms with Gasteiger partial charge in [0, 0.05) is 7.05 Å². The summed E-state index contributed by atoms with van der Waals surface area (Å²) in [7, 11) is 1.83. The number of ketones is 1. The highest BCUT2D eigenvalue weighted by molar-refractivity contribution is 6.55. The van der Waals surface area contributed by atoms with E-state index < -0.39 is 11.7 Å². The van der Waals surface area contributed by atoms with Crippen molar-refractivity contribution in [1.29, 1.82) is 0 Å². The number of anilines is 1. The molecule has 0 saturated heterocycles. The maximum absolute atomic E-state index is 12.2. The molecule has 6 heteroatoms. The summed E-state index contributed by atoms with van der Waals surface area (Å²) in [5, 5.41) is 4.67. The number of aromatic nitrogens is 2. The fourth-order valence-electron chi connectivity index (χ4n) is 2.51. The van der Waals surface area contributed by atoms with Crippen molar-refractivity contribution in [1.82, 2.24) is 9.78 Å². The van der Waals surface area contributed by atoms with Gasteiger partial charge in [-0.05, 0) is 24.6 Å². The lowest BCUT2D eigenvalue weighted by Gasteiger charge is -2.16. The Bertz CT molecular complexity index is 751. The summed E-state index contributed by atoms with van der Waals surface area (Å²) in [6.07, 6.45) is 0.823. The molecule has 1 aromatic carbocycles. The Balaban J connectivity index is 2.00. The molecule has 0 N–H and O–H groups in total. The van der Waals surface area contributed by atoms with Gasteiger partial charge in [-0.15, -0.1) is 0 Å². The van der Waals surface area contributed by atoms with Crippen molar-refractivity contribution >= 4 is 29.0 Å². The largest absolute Gasteiger partial charge is 0.299 e. The van der Waals surface area contributed by atoms with Crippen molar-refractivity contribution in [3.8, 4) is 0 Å². The monoisotopic (exact) mass is 303 g/mol. The third kappa shape index (κ3) is 2.14. The van der Waals surface area contributed by atoms with Crippen LogP contribution in [0, 0.1) is 0 Å². The van der Waals surface area contributed by atoms with Gasteiger partial charge in [-0.25, -0.2) is 0 Å². The number of halogens is 1. The van der Waals surface area contributed by atoms with Crippen LogP contribution in [0.25, 0.3) is 0 Å². The van der Waals surface area contributed by atoms with Crippen LogP contribution < -0.4 is 4.90 Å². The number of amides is 1. The minimum atomic E-state index is -0.548. The van der Waals surface area contributed by atoms with E-state index in [-0.39, 0.29) is 0 Å². The first-order chi connectivity index (χ1) is 10.0. The SMILES string of the molecule is CCc1cc(CN2C(=O)C(=O)c3c(Cl)cccc32)n(C)n1. The first kappa shape index (κ1) is 13.8. The zero-order chi connectivity index (χ0) is 15.1. The average Bonchev–Trinajstić information content (AvgIpc) is 2.94. The summed E-state index contributed by atoms with van der Waals surface area (Å²) in [5.74, 6) is -1.09. The Morgan fingerprint density at radius 2 is 2.05 bits per heavy atom. The number of nitrogens with zero attached hydrogens (tertiary/aromatic N) is 3. The molecule has 0 atom stereocenters. The van der Waals surface area contributed by atoms with E-state index in [1.54, 1.807) is 22.9 Å². The zero-order valence-electron chi connectivity index (χ0n) is 11.8. The van der Waals surface area contributed by atoms with Crippen molar-refractivity contribution in [3.05, 3.63) is 46.2 Å². The van der Waals surface area contributed by atoms with Gasteiger partial charge in [0.1, 0.15) is 0 Å². The third-order valence-electron chi connectivity index (χ3n) is 3.66. The number of rotatable bonds is 3. The molecule has 0 unspecified atom stereocenters. The first-order valence-electron chi connectivity index (χ1n) is 6.69. The molecule has 2 heterocycles. The minimum absolute atomic E-state index is 0.294. The molecule has 108 valence electrons. The summed E-state index contributed by atoms with van der Waals surface area (Å²) in [6.45, 7) is 2.33. The maximum Gasteiger partial charge on any atom is 0.299 e. The molecule has 3 rings (SSSR count). The molecule has 0 radical (unpaired) electrons. The van der Waals surface area contributed by atoms with E-state index in [1.807, 2.05) is 20.0 Å². The van der Waals surface area contributed by atoms with E-state index >= 15 is 0 Å². The predicted octanol–water partition coefficient (Wildman–Crippen LogP) is 2.37. The predicted molar refractivity (Wildman–Crippen MR) is 79.6 cm³/mol. The Morgan fingerprint density at radius 1 is 1.29 bits per heavy atom. The molecule has 0 spiro atoms. The molecule has 1 aromatic heterocycles. The molecule has 21 heavy (non-hydrogen) atoms. The lowest BCUT2D eigenvalue weighted by molar-refractivity contribution is -0.114. The lowest BCUT2D eigenvalue weighted by Crippen LogP contribution is -2.30. The van der Waals surface area contributed by atoms with Crippen molar-refractivity contribution in [2.75, 3.05) is 4.90 Å². The van der Waals surface area contributed by atoms with Gasteiger partial charge in [-0.2, -0.15) is 5.10 Å². The van der Waals surface area contributed by atoms with Gasteiger partial charge in [0.25, 0.3) is 11.7 Å². The number of carbonyl (C=O) groups is 2. The van der Waals surface area contributed by atoms with Gasteiger partial charge < -0.3 is 0 Å². The maximum atomic E-state index is 12.2. The highest BCUT2D eigenvalue weighted by atomic mass is 35.5. The highest BCUT2D eigenvalue weighted by Gasteiger charge is 2.37. The standard InChI is InChI=1S/C15H14ClN3O2/c1-3-9-7-10(18(2)17-9)8-19-12-6-4-5-11(16)13(12)14(20)15(19)21/h4-7H,3,8H2,1-2H3. The molecular formula is C15H14ClN3O2. The van der Waals surface area contributed by atoms with Gasteiger partial charge in [0.2, 0.25) is 0 Å². The number of hydrogen-bond donors (Lipinski definition) is 0. The normalized spacial score (nSPS) is 14.0. The second-order valence-electron chi connectivity index (χ2n) is 4.96. The molecule has 1 aliphatic heterocycles. The molecule has 2 aromatic rings. The minimum Gasteiger partial charge on any atom is -0.299 e. The van der Waals surface area contributed by atoms with Crippen molar-refractivity contribution < 1.29 is 9.59 Å². The molecule has 0 fully saturated rings. The van der Waals surface area contributed by atoms with Crippen molar-refractivity contribution in [3.63, 3.8) is 0 Å². The Labute approximate surface area is 127 Å². The number of Topliss-reactive ketones (excluding diaryl/α,β-unsaturated/α-hetero) is 1. The van der Waals surface area contributed by atoms with Gasteiger partial charge >= 0.3 is 0 Å². The smallest absolute Gasteiger partial charge is 0.299 e. The summed E-state index contributed by atoms with van der Waals surface area (Å²) in [6, 6.07) is 7.04. The van der Waals surface area contributed by atoms with Crippen molar-refractivity contribution in [2.45, 2.75) is 19.9 Å². The molecule has 1 aliphatic rings. The van der Waals surface area contributed by atoms with Crippen LogP contribution in [0.3, 0.4) is 0 Å². The molecule has 0 saturated carbocycles. The quantitative estimate of drug-likeness (QED) is 0.818. The summed E-state index contributed by atoms with van der Waals surface area (Å²) >= 11 is 6.04. The average molecular weight is 304 g/mol. The Morgan fingerprint density at radius 3 is 2.71 bits per heavy atom. The Hall–Kier alpha value is -2.14. The summed E-state index contributed by atoms with van der Waals surface area (Å²) < 4.78 is 1.74. The topological polar surface area (TPSA) is 55.2 Å². The molecule has 0 bridgehead atoms. The van der Waals surface area contributed by atoms with Crippen LogP contribution in [0.15, 0.2) is 24.3 Å². The van der Waals surface area contributed by atoms with Crippen LogP contribution >= 0.6 is 11.6 Å². The van der Waals surface area contributed by atoms with Crippen LogP contribution in [-0.4, -0.2) is 21.5 Å². The van der Waals surface area contributed by atoms with E-state index in [4.69, 9.17) is 11.6 Å². The fraction of sp³-hybridized carbons (Fsp3) is 0.267. The van der Waals surface area contributed by atoms with E-state index in [9.17, 15) is 9.59 Å². The second kappa shape index (κ2) is 5.00. The zero-order valence-corrected chi connectivity index (χ0v) is 12.5.